The monoisotopic (exact) mass is 848 g/mol. The number of halogens is 6. The highest BCUT2D eigenvalue weighted by atomic mass is 32.1. The van der Waals surface area contributed by atoms with Crippen LogP contribution in [0.15, 0.2) is 42.5 Å². The number of hydrogen-bond acceptors (Lipinski definition) is 9. The highest BCUT2D eigenvalue weighted by molar-refractivity contribution is 7.80. The Kier molecular flexibility index (Phi) is 12.9. The number of piperidine rings is 1. The Morgan fingerprint density at radius 3 is 2.36 bits per heavy atom. The van der Waals surface area contributed by atoms with Gasteiger partial charge in [0.1, 0.15) is 17.6 Å². The van der Waals surface area contributed by atoms with Crippen molar-refractivity contribution >= 4 is 58.0 Å². The third-order valence-corrected chi connectivity index (χ3v) is 12.1. The normalized spacial score (nSPS) is 24.5. The van der Waals surface area contributed by atoms with Crippen molar-refractivity contribution in [1.29, 1.82) is 5.26 Å². The number of hydrogen-bond donors (Lipinski definition) is 3. The molecule has 4 amide bonds. The minimum absolute atomic E-state index is 0.0427. The number of rotatable bonds is 11. The first-order valence-electron chi connectivity index (χ1n) is 19.6. The number of piperazine rings is 1. The number of carbonyl (C=O) groups excluding carboxylic acids is 4. The van der Waals surface area contributed by atoms with Crippen molar-refractivity contribution in [2.75, 3.05) is 48.3 Å². The van der Waals surface area contributed by atoms with Crippen LogP contribution in [-0.2, 0) is 25.4 Å². The van der Waals surface area contributed by atoms with Crippen LogP contribution < -0.4 is 20.9 Å². The zero-order valence-electron chi connectivity index (χ0n) is 32.6. The van der Waals surface area contributed by atoms with Gasteiger partial charge >= 0.3 is 12.4 Å². The molecular weight excluding hydrogens is 803 g/mol. The van der Waals surface area contributed by atoms with Crippen molar-refractivity contribution in [3.63, 3.8) is 0 Å². The Bertz CT molecular complexity index is 2000. The third kappa shape index (κ3) is 9.98. The van der Waals surface area contributed by atoms with Crippen LogP contribution in [0.3, 0.4) is 0 Å². The summed E-state index contributed by atoms with van der Waals surface area (Å²) >= 11 is 5.70. The smallest absolute Gasteiger partial charge is 0.374 e. The molecule has 4 fully saturated rings. The molecule has 318 valence electrons. The molecule has 3 heterocycles. The third-order valence-electron chi connectivity index (χ3n) is 11.7. The number of imide groups is 1. The van der Waals surface area contributed by atoms with E-state index in [0.717, 1.165) is 41.2 Å². The van der Waals surface area contributed by atoms with E-state index in [0.29, 0.717) is 56.1 Å². The molecule has 0 aromatic heterocycles. The maximum Gasteiger partial charge on any atom is 0.417 e. The van der Waals surface area contributed by atoms with E-state index in [1.165, 1.54) is 6.07 Å². The van der Waals surface area contributed by atoms with E-state index in [1.54, 1.807) is 49.1 Å². The Hall–Kier alpha value is -4.80. The molecule has 1 saturated carbocycles. The number of amides is 4. The van der Waals surface area contributed by atoms with Gasteiger partial charge in [0, 0.05) is 43.5 Å². The van der Waals surface area contributed by atoms with E-state index in [4.69, 9.17) is 12.2 Å². The average molecular weight is 849 g/mol. The first kappa shape index (κ1) is 43.8. The molecule has 59 heavy (non-hydrogen) atoms. The molecule has 2 aromatic carbocycles. The van der Waals surface area contributed by atoms with Crippen molar-refractivity contribution in [3.8, 4) is 6.07 Å². The molecule has 0 radical (unpaired) electrons. The summed E-state index contributed by atoms with van der Waals surface area (Å²) < 4.78 is 84.1. The molecule has 3 aliphatic heterocycles. The van der Waals surface area contributed by atoms with Crippen LogP contribution in [0, 0.1) is 17.2 Å². The number of benzene rings is 2. The first-order chi connectivity index (χ1) is 27.8. The number of thiocarbonyl (C=S) groups is 1. The number of nitrogens with one attached hydrogen (secondary N) is 3. The highest BCUT2D eigenvalue weighted by Gasteiger charge is 2.53. The summed E-state index contributed by atoms with van der Waals surface area (Å²) in [6.45, 7) is 3.49. The van der Waals surface area contributed by atoms with Crippen molar-refractivity contribution < 1.29 is 45.5 Å². The topological polar surface area (TPSA) is 141 Å². The highest BCUT2D eigenvalue weighted by Crippen LogP contribution is 2.42. The fraction of sp³-hybridized carbons (Fsp3) is 0.550. The lowest BCUT2D eigenvalue weighted by atomic mass is 9.82. The van der Waals surface area contributed by atoms with E-state index >= 15 is 0 Å². The SMILES string of the molecule is CC1(C)C(=O)N(c2ccc(C#N)c(C(F)(F)F)c2)C(=S)N1C1CCC(CCCN2CCN(CC(=O)Nc3cccc(NC4CCC(=O)NC4=O)c3)[C@@H](C(F)(F)F)C2)CC1. The molecule has 0 bridgehead atoms. The molecule has 6 rings (SSSR count). The zero-order chi connectivity index (χ0) is 42.9. The quantitative estimate of drug-likeness (QED) is 0.140. The fourth-order valence-corrected chi connectivity index (χ4v) is 9.20. The summed E-state index contributed by atoms with van der Waals surface area (Å²) in [7, 11) is 0. The van der Waals surface area contributed by atoms with Gasteiger partial charge in [-0.25, -0.2) is 0 Å². The second kappa shape index (κ2) is 17.4. The van der Waals surface area contributed by atoms with Crippen molar-refractivity contribution in [3.05, 3.63) is 53.6 Å². The van der Waals surface area contributed by atoms with Crippen molar-refractivity contribution in [2.24, 2.45) is 5.92 Å². The lowest BCUT2D eigenvalue weighted by Crippen LogP contribution is -2.60. The molecule has 1 unspecified atom stereocenters. The van der Waals surface area contributed by atoms with E-state index in [9.17, 15) is 50.8 Å². The number of anilines is 3. The molecule has 2 aromatic rings. The molecular formula is C40H46F6N8O4S. The summed E-state index contributed by atoms with van der Waals surface area (Å²) in [5.41, 5.74) is -2.04. The summed E-state index contributed by atoms with van der Waals surface area (Å²) in [6, 6.07) is 8.50. The van der Waals surface area contributed by atoms with Gasteiger partial charge in [0.05, 0.1) is 29.4 Å². The van der Waals surface area contributed by atoms with Crippen LogP contribution in [0.25, 0.3) is 0 Å². The number of carbonyl (C=O) groups is 4. The van der Waals surface area contributed by atoms with E-state index in [2.05, 4.69) is 16.0 Å². The van der Waals surface area contributed by atoms with Gasteiger partial charge in [-0.05, 0) is 120 Å². The Morgan fingerprint density at radius 2 is 1.69 bits per heavy atom. The largest absolute Gasteiger partial charge is 0.417 e. The van der Waals surface area contributed by atoms with Crippen LogP contribution in [0.5, 0.6) is 0 Å². The summed E-state index contributed by atoms with van der Waals surface area (Å²) in [6.07, 6.45) is -4.51. The predicted molar refractivity (Wildman–Crippen MR) is 210 cm³/mol. The number of alkyl halides is 6. The van der Waals surface area contributed by atoms with Crippen LogP contribution in [0.4, 0.5) is 43.4 Å². The number of nitrogens with zero attached hydrogens (tertiary/aromatic N) is 5. The summed E-state index contributed by atoms with van der Waals surface area (Å²) in [5.74, 6) is -1.59. The van der Waals surface area contributed by atoms with Crippen LogP contribution in [-0.4, -0.2) is 106 Å². The van der Waals surface area contributed by atoms with Gasteiger partial charge in [-0.15, -0.1) is 0 Å². The molecule has 19 heteroatoms. The second-order valence-corrected chi connectivity index (χ2v) is 16.5. The molecule has 1 aliphatic carbocycles. The van der Waals surface area contributed by atoms with Gasteiger partial charge in [0.2, 0.25) is 17.7 Å². The Balaban J connectivity index is 0.971. The van der Waals surface area contributed by atoms with E-state index < -0.39 is 65.4 Å². The minimum Gasteiger partial charge on any atom is -0.374 e. The first-order valence-corrected chi connectivity index (χ1v) is 20.0. The van der Waals surface area contributed by atoms with Gasteiger partial charge in [-0.3, -0.25) is 34.3 Å². The average Bonchev–Trinajstić information content (AvgIpc) is 3.34. The van der Waals surface area contributed by atoms with Gasteiger partial charge in [-0.2, -0.15) is 31.6 Å². The molecule has 3 N–H and O–H groups in total. The minimum atomic E-state index is -4.80. The lowest BCUT2D eigenvalue weighted by molar-refractivity contribution is -0.197. The van der Waals surface area contributed by atoms with Crippen LogP contribution >= 0.6 is 12.2 Å². The lowest BCUT2D eigenvalue weighted by Gasteiger charge is -2.42. The molecule has 12 nitrogen and oxygen atoms in total. The molecule has 2 atom stereocenters. The maximum atomic E-state index is 14.3. The van der Waals surface area contributed by atoms with Gasteiger partial charge in [0.15, 0.2) is 5.11 Å². The van der Waals surface area contributed by atoms with Crippen LogP contribution in [0.1, 0.15) is 76.3 Å². The van der Waals surface area contributed by atoms with Crippen LogP contribution in [0.2, 0.25) is 0 Å². The standard InChI is InChI=1S/C40H46F6N8O4S/c1-38(2)36(58)53(29-13-10-25(21-47)30(20-29)39(41,42)43)37(59)54(38)28-11-8-24(9-12-28)5-4-16-51-17-18-52(32(22-51)40(44,45)46)23-34(56)49-27-7-3-6-26(19-27)48-31-14-15-33(55)50-35(31)57/h3,6-7,10,13,19-20,24,28,31-32,48H,4-5,8-9,11-12,14-18,22-23H2,1-2H3,(H,49,56)(H,50,55,57)/t24?,28?,31?,32-/m1/s1. The van der Waals surface area contributed by atoms with Crippen molar-refractivity contribution in [2.45, 2.75) is 101 Å². The predicted octanol–water partition coefficient (Wildman–Crippen LogP) is 6.03. The summed E-state index contributed by atoms with van der Waals surface area (Å²) in [5, 5.41) is 17.2. The van der Waals surface area contributed by atoms with E-state index in [1.807, 2.05) is 4.90 Å². The van der Waals surface area contributed by atoms with Gasteiger partial charge < -0.3 is 20.4 Å². The molecule has 4 aliphatic rings. The molecule has 3 saturated heterocycles. The summed E-state index contributed by atoms with van der Waals surface area (Å²) in [4.78, 5) is 56.0. The van der Waals surface area contributed by atoms with Crippen molar-refractivity contribution in [1.82, 2.24) is 20.0 Å². The molecule has 0 spiro atoms. The van der Waals surface area contributed by atoms with Gasteiger partial charge in [0.25, 0.3) is 5.91 Å². The number of nitriles is 1. The second-order valence-electron chi connectivity index (χ2n) is 16.1. The Labute approximate surface area is 343 Å². The maximum absolute atomic E-state index is 14.3. The zero-order valence-corrected chi connectivity index (χ0v) is 33.4. The Morgan fingerprint density at radius 1 is 0.983 bits per heavy atom. The fourth-order valence-electron chi connectivity index (χ4n) is 8.63. The van der Waals surface area contributed by atoms with Gasteiger partial charge in [-0.1, -0.05) is 6.07 Å². The van der Waals surface area contributed by atoms with E-state index in [-0.39, 0.29) is 42.3 Å².